The van der Waals surface area contributed by atoms with E-state index < -0.39 is 15.9 Å². The number of carbonyl (C=O) groups is 1. The summed E-state index contributed by atoms with van der Waals surface area (Å²) >= 11 is 0. The van der Waals surface area contributed by atoms with Crippen molar-refractivity contribution in [1.29, 1.82) is 0 Å². The van der Waals surface area contributed by atoms with E-state index >= 15 is 0 Å². The highest BCUT2D eigenvalue weighted by molar-refractivity contribution is 7.89. The zero-order valence-corrected chi connectivity index (χ0v) is 17.8. The van der Waals surface area contributed by atoms with Crippen molar-refractivity contribution in [3.63, 3.8) is 0 Å². The van der Waals surface area contributed by atoms with Gasteiger partial charge in [0.1, 0.15) is 21.9 Å². The fourth-order valence-electron chi connectivity index (χ4n) is 3.76. The molecule has 0 unspecified atom stereocenters. The van der Waals surface area contributed by atoms with Gasteiger partial charge in [-0.2, -0.15) is 4.31 Å². The van der Waals surface area contributed by atoms with E-state index in [0.717, 1.165) is 24.6 Å². The second-order valence-corrected chi connectivity index (χ2v) is 9.24. The van der Waals surface area contributed by atoms with Crippen LogP contribution in [0, 0.1) is 0 Å². The van der Waals surface area contributed by atoms with E-state index in [1.807, 2.05) is 6.07 Å². The minimum absolute atomic E-state index is 0.137. The molecule has 4 rings (SSSR count). The Hall–Kier alpha value is -2.91. The van der Waals surface area contributed by atoms with E-state index in [-0.39, 0.29) is 10.6 Å². The van der Waals surface area contributed by atoms with E-state index in [1.54, 1.807) is 38.6 Å². The fourth-order valence-corrected chi connectivity index (χ4v) is 5.35. The molecule has 1 aliphatic heterocycles. The van der Waals surface area contributed by atoms with Crippen LogP contribution in [0.3, 0.4) is 0 Å². The summed E-state index contributed by atoms with van der Waals surface area (Å²) in [7, 11) is -0.378. The predicted molar refractivity (Wildman–Crippen MR) is 114 cm³/mol. The van der Waals surface area contributed by atoms with E-state index in [9.17, 15) is 13.2 Å². The number of benzene rings is 1. The number of aryl methyl sites for hydroxylation is 1. The number of anilines is 1. The van der Waals surface area contributed by atoms with Crippen molar-refractivity contribution in [3.05, 3.63) is 48.4 Å². The molecule has 0 radical (unpaired) electrons. The quantitative estimate of drug-likeness (QED) is 0.674. The van der Waals surface area contributed by atoms with Gasteiger partial charge in [-0.3, -0.25) is 9.78 Å². The first-order valence-electron chi connectivity index (χ1n) is 9.81. The molecule has 30 heavy (non-hydrogen) atoms. The Balaban J connectivity index is 1.63. The zero-order valence-electron chi connectivity index (χ0n) is 17.0. The Kier molecular flexibility index (Phi) is 5.48. The van der Waals surface area contributed by atoms with Crippen LogP contribution in [0.2, 0.25) is 0 Å². The van der Waals surface area contributed by atoms with Crippen LogP contribution in [0.5, 0.6) is 5.75 Å². The maximum absolute atomic E-state index is 13.0. The van der Waals surface area contributed by atoms with E-state index in [0.29, 0.717) is 30.0 Å². The molecule has 2 aromatic heterocycles. The summed E-state index contributed by atoms with van der Waals surface area (Å²) in [6, 6.07) is 8.54. The van der Waals surface area contributed by atoms with E-state index in [2.05, 4.69) is 10.3 Å². The molecule has 1 aromatic carbocycles. The van der Waals surface area contributed by atoms with Gasteiger partial charge in [0.2, 0.25) is 10.0 Å². The van der Waals surface area contributed by atoms with Crippen LogP contribution in [0.15, 0.2) is 47.6 Å². The second kappa shape index (κ2) is 8.08. The third-order valence-electron chi connectivity index (χ3n) is 5.37. The number of nitrogens with zero attached hydrogens (tertiary/aromatic N) is 3. The van der Waals surface area contributed by atoms with Crippen LogP contribution in [0.4, 0.5) is 5.69 Å². The summed E-state index contributed by atoms with van der Waals surface area (Å²) in [6.07, 6.45) is 5.91. The number of piperidine rings is 1. The number of fused-ring (bicyclic) bond motifs is 1. The number of sulfonamides is 1. The number of carbonyl (C=O) groups excluding carboxylic acids is 1. The van der Waals surface area contributed by atoms with Crippen LogP contribution in [-0.2, 0) is 17.1 Å². The molecule has 1 aliphatic rings. The monoisotopic (exact) mass is 428 g/mol. The molecule has 9 heteroatoms. The number of nitrogens with one attached hydrogen (secondary N) is 1. The molecule has 0 aliphatic carbocycles. The molecule has 1 saturated heterocycles. The Morgan fingerprint density at radius 1 is 1.17 bits per heavy atom. The predicted octanol–water partition coefficient (Wildman–Crippen LogP) is 3.01. The van der Waals surface area contributed by atoms with Crippen LogP contribution in [0.1, 0.15) is 29.8 Å². The highest BCUT2D eigenvalue weighted by Crippen LogP contribution is 2.30. The average Bonchev–Trinajstić information content (AvgIpc) is 3.17. The third kappa shape index (κ3) is 3.66. The largest absolute Gasteiger partial charge is 0.494 e. The summed E-state index contributed by atoms with van der Waals surface area (Å²) in [5.74, 6) is 0.213. The Morgan fingerprint density at radius 3 is 2.67 bits per heavy atom. The first kappa shape index (κ1) is 20.4. The average molecular weight is 429 g/mol. The highest BCUT2D eigenvalue weighted by Gasteiger charge is 2.28. The Labute approximate surface area is 175 Å². The molecule has 1 fully saturated rings. The van der Waals surface area contributed by atoms with Crippen LogP contribution < -0.4 is 10.1 Å². The number of hydrogen-bond acceptors (Lipinski definition) is 5. The number of ether oxygens (including phenoxy) is 1. The number of pyridine rings is 1. The van der Waals surface area contributed by atoms with Crippen LogP contribution in [0.25, 0.3) is 10.9 Å². The number of rotatable bonds is 5. The van der Waals surface area contributed by atoms with Crippen molar-refractivity contribution in [2.24, 2.45) is 7.05 Å². The molecule has 0 saturated carbocycles. The van der Waals surface area contributed by atoms with Gasteiger partial charge in [-0.25, -0.2) is 8.42 Å². The van der Waals surface area contributed by atoms with Gasteiger partial charge in [0.25, 0.3) is 5.91 Å². The lowest BCUT2D eigenvalue weighted by atomic mass is 10.1. The molecule has 3 heterocycles. The van der Waals surface area contributed by atoms with Gasteiger partial charge >= 0.3 is 0 Å². The van der Waals surface area contributed by atoms with Crippen molar-refractivity contribution in [3.8, 4) is 5.75 Å². The molecule has 0 atom stereocenters. The van der Waals surface area contributed by atoms with Crippen molar-refractivity contribution in [1.82, 2.24) is 13.9 Å². The van der Waals surface area contributed by atoms with E-state index in [4.69, 9.17) is 4.74 Å². The van der Waals surface area contributed by atoms with Crippen molar-refractivity contribution in [2.45, 2.75) is 24.2 Å². The maximum Gasteiger partial charge on any atom is 0.272 e. The minimum atomic E-state index is -3.61. The summed E-state index contributed by atoms with van der Waals surface area (Å²) < 4.78 is 34.2. The molecule has 0 spiro atoms. The van der Waals surface area contributed by atoms with Gasteiger partial charge in [0.05, 0.1) is 12.8 Å². The first-order chi connectivity index (χ1) is 14.4. The smallest absolute Gasteiger partial charge is 0.272 e. The first-order valence-corrected chi connectivity index (χ1v) is 11.3. The molecule has 3 aromatic rings. The molecule has 1 N–H and O–H groups in total. The fraction of sp³-hybridized carbons (Fsp3) is 0.333. The normalized spacial score (nSPS) is 15.3. The Bertz CT molecular complexity index is 1200. The summed E-state index contributed by atoms with van der Waals surface area (Å²) in [5.41, 5.74) is 1.47. The summed E-state index contributed by atoms with van der Waals surface area (Å²) in [6.45, 7) is 1.03. The molecule has 158 valence electrons. The van der Waals surface area contributed by atoms with Gasteiger partial charge in [0, 0.05) is 37.9 Å². The molecule has 1 amide bonds. The number of amides is 1. The molecular formula is C21H24N4O4S. The van der Waals surface area contributed by atoms with Gasteiger partial charge in [-0.15, -0.1) is 0 Å². The van der Waals surface area contributed by atoms with Gasteiger partial charge in [0.15, 0.2) is 0 Å². The molecular weight excluding hydrogens is 404 g/mol. The molecule has 0 bridgehead atoms. The lowest BCUT2D eigenvalue weighted by Gasteiger charge is -2.25. The van der Waals surface area contributed by atoms with Crippen molar-refractivity contribution in [2.75, 3.05) is 25.5 Å². The van der Waals surface area contributed by atoms with Gasteiger partial charge in [-0.05, 0) is 43.2 Å². The number of methoxy groups -OCH3 is 1. The minimum Gasteiger partial charge on any atom is -0.494 e. The lowest BCUT2D eigenvalue weighted by molar-refractivity contribution is 0.101. The summed E-state index contributed by atoms with van der Waals surface area (Å²) in [5, 5.41) is 3.61. The third-order valence-corrected chi connectivity index (χ3v) is 7.23. The van der Waals surface area contributed by atoms with E-state index in [1.165, 1.54) is 21.1 Å². The lowest BCUT2D eigenvalue weighted by Crippen LogP contribution is -2.35. The highest BCUT2D eigenvalue weighted by atomic mass is 32.2. The number of hydrogen-bond donors (Lipinski definition) is 1. The van der Waals surface area contributed by atoms with Crippen LogP contribution in [-0.4, -0.2) is 48.4 Å². The van der Waals surface area contributed by atoms with Crippen molar-refractivity contribution < 1.29 is 17.9 Å². The molecule has 8 nitrogen and oxygen atoms in total. The van der Waals surface area contributed by atoms with Crippen LogP contribution >= 0.6 is 0 Å². The standard InChI is InChI=1S/C21H24N4O4S/c1-24-14-15(30(27,28)25-11-4-3-5-12-25)13-18(24)21(26)23-17-8-9-19(29-2)20-16(17)7-6-10-22-20/h6-10,13-14H,3-5,11-12H2,1-2H3,(H,23,26). The number of aromatic nitrogens is 2. The Morgan fingerprint density at radius 2 is 1.93 bits per heavy atom. The summed E-state index contributed by atoms with van der Waals surface area (Å²) in [4.78, 5) is 17.4. The zero-order chi connectivity index (χ0) is 21.3. The SMILES string of the molecule is COc1ccc(NC(=O)c2cc(S(=O)(=O)N3CCCCC3)cn2C)c2cccnc12. The second-order valence-electron chi connectivity index (χ2n) is 7.31. The topological polar surface area (TPSA) is 93.5 Å². The van der Waals surface area contributed by atoms with Gasteiger partial charge < -0.3 is 14.6 Å². The van der Waals surface area contributed by atoms with Gasteiger partial charge in [-0.1, -0.05) is 6.42 Å². The van der Waals surface area contributed by atoms with Crippen molar-refractivity contribution >= 4 is 32.5 Å². The maximum atomic E-state index is 13.0.